The maximum atomic E-state index is 10.9. The lowest BCUT2D eigenvalue weighted by atomic mass is 9.83. The first-order valence-electron chi connectivity index (χ1n) is 8.13. The first kappa shape index (κ1) is 15.8. The van der Waals surface area contributed by atoms with E-state index in [-0.39, 0.29) is 0 Å². The molecular weight excluding hydrogens is 252 g/mol. The first-order valence-corrected chi connectivity index (χ1v) is 8.13. The lowest BCUT2D eigenvalue weighted by molar-refractivity contribution is -0.138. The highest BCUT2D eigenvalue weighted by molar-refractivity contribution is 5.67. The summed E-state index contributed by atoms with van der Waals surface area (Å²) in [5.41, 5.74) is 0. The third kappa shape index (κ3) is 3.95. The van der Waals surface area contributed by atoms with Crippen molar-refractivity contribution in [3.05, 3.63) is 0 Å². The summed E-state index contributed by atoms with van der Waals surface area (Å²) in [5, 5.41) is 8.97. The minimum Gasteiger partial charge on any atom is -0.481 e. The Morgan fingerprint density at radius 1 is 1.35 bits per heavy atom. The zero-order valence-electron chi connectivity index (χ0n) is 13.2. The second-order valence-corrected chi connectivity index (χ2v) is 6.98. The quantitative estimate of drug-likeness (QED) is 0.859. The Labute approximate surface area is 123 Å². The van der Waals surface area contributed by atoms with Crippen LogP contribution in [0.25, 0.3) is 0 Å². The molecule has 2 aliphatic heterocycles. The monoisotopic (exact) mass is 282 g/mol. The molecule has 116 valence electrons. The third-order valence-corrected chi connectivity index (χ3v) is 5.49. The molecule has 1 N–H and O–H groups in total. The smallest absolute Gasteiger partial charge is 0.303 e. The van der Waals surface area contributed by atoms with Crippen LogP contribution in [0.3, 0.4) is 0 Å². The second-order valence-electron chi connectivity index (χ2n) is 6.98. The zero-order valence-corrected chi connectivity index (χ0v) is 13.2. The van der Waals surface area contributed by atoms with E-state index in [2.05, 4.69) is 30.7 Å². The van der Waals surface area contributed by atoms with Gasteiger partial charge in [0.15, 0.2) is 0 Å². The average Bonchev–Trinajstić information content (AvgIpc) is 2.41. The molecule has 0 saturated carbocycles. The molecule has 4 nitrogen and oxygen atoms in total. The number of carboxylic acid groups (broad SMARTS) is 1. The van der Waals surface area contributed by atoms with Crippen LogP contribution in [0.2, 0.25) is 0 Å². The van der Waals surface area contributed by atoms with Crippen LogP contribution in [-0.4, -0.2) is 59.6 Å². The second kappa shape index (κ2) is 6.90. The molecule has 2 rings (SSSR count). The van der Waals surface area contributed by atoms with E-state index in [9.17, 15) is 4.79 Å². The highest BCUT2D eigenvalue weighted by atomic mass is 16.4. The van der Waals surface area contributed by atoms with Gasteiger partial charge in [-0.25, -0.2) is 0 Å². The van der Waals surface area contributed by atoms with E-state index in [4.69, 9.17) is 5.11 Å². The predicted molar refractivity (Wildman–Crippen MR) is 80.8 cm³/mol. The summed E-state index contributed by atoms with van der Waals surface area (Å²) >= 11 is 0. The van der Waals surface area contributed by atoms with Crippen molar-refractivity contribution in [1.82, 2.24) is 9.80 Å². The third-order valence-electron chi connectivity index (χ3n) is 5.49. The van der Waals surface area contributed by atoms with Gasteiger partial charge in [-0.1, -0.05) is 6.92 Å². The first-order chi connectivity index (χ1) is 9.47. The number of nitrogens with zero attached hydrogens (tertiary/aromatic N) is 2. The van der Waals surface area contributed by atoms with Crippen LogP contribution in [0.15, 0.2) is 0 Å². The summed E-state index contributed by atoms with van der Waals surface area (Å²) in [6, 6.07) is 1.38. The van der Waals surface area contributed by atoms with Gasteiger partial charge in [-0.05, 0) is 64.6 Å². The van der Waals surface area contributed by atoms with Gasteiger partial charge in [-0.2, -0.15) is 0 Å². The summed E-state index contributed by atoms with van der Waals surface area (Å²) in [4.78, 5) is 16.0. The average molecular weight is 282 g/mol. The van der Waals surface area contributed by atoms with Crippen LogP contribution in [0.5, 0.6) is 0 Å². The molecule has 4 atom stereocenters. The molecule has 0 bridgehead atoms. The molecular formula is C16H30N2O2. The Hall–Kier alpha value is -0.610. The van der Waals surface area contributed by atoms with E-state index in [1.807, 2.05) is 0 Å². The summed E-state index contributed by atoms with van der Waals surface area (Å²) < 4.78 is 0. The molecule has 0 radical (unpaired) electrons. The maximum absolute atomic E-state index is 10.9. The summed E-state index contributed by atoms with van der Waals surface area (Å²) in [6.07, 6.45) is 5.28. The lowest BCUT2D eigenvalue weighted by Crippen LogP contribution is -2.51. The van der Waals surface area contributed by atoms with Gasteiger partial charge in [0.05, 0.1) is 0 Å². The lowest BCUT2D eigenvalue weighted by Gasteiger charge is -2.45. The van der Waals surface area contributed by atoms with E-state index in [0.29, 0.717) is 30.3 Å². The van der Waals surface area contributed by atoms with Gasteiger partial charge < -0.3 is 10.0 Å². The number of likely N-dealkylation sites (tertiary alicyclic amines) is 2. The molecule has 4 unspecified atom stereocenters. The van der Waals surface area contributed by atoms with Crippen LogP contribution in [0.1, 0.15) is 46.0 Å². The number of hydrogen-bond donors (Lipinski definition) is 1. The maximum Gasteiger partial charge on any atom is 0.303 e. The number of hydrogen-bond acceptors (Lipinski definition) is 3. The summed E-state index contributed by atoms with van der Waals surface area (Å²) in [6.45, 7) is 7.94. The minimum atomic E-state index is -0.650. The van der Waals surface area contributed by atoms with Gasteiger partial charge >= 0.3 is 5.97 Å². The van der Waals surface area contributed by atoms with Crippen LogP contribution in [0.4, 0.5) is 0 Å². The molecule has 2 saturated heterocycles. The number of piperidine rings is 2. The Morgan fingerprint density at radius 2 is 2.10 bits per heavy atom. The molecule has 0 aromatic rings. The highest BCUT2D eigenvalue weighted by Crippen LogP contribution is 2.30. The topological polar surface area (TPSA) is 43.8 Å². The van der Waals surface area contributed by atoms with Gasteiger partial charge in [0.2, 0.25) is 0 Å². The number of carboxylic acids is 1. The Morgan fingerprint density at radius 3 is 2.75 bits per heavy atom. The highest BCUT2D eigenvalue weighted by Gasteiger charge is 2.32. The van der Waals surface area contributed by atoms with Crippen molar-refractivity contribution in [3.8, 4) is 0 Å². The molecule has 0 spiro atoms. The largest absolute Gasteiger partial charge is 0.481 e. The van der Waals surface area contributed by atoms with E-state index >= 15 is 0 Å². The number of carbonyl (C=O) groups is 1. The molecule has 2 fully saturated rings. The van der Waals surface area contributed by atoms with Crippen LogP contribution >= 0.6 is 0 Å². The van der Waals surface area contributed by atoms with Crippen LogP contribution < -0.4 is 0 Å². The molecule has 0 aromatic heterocycles. The Balaban J connectivity index is 1.88. The molecule has 0 aliphatic carbocycles. The minimum absolute atomic E-state index is 0.305. The van der Waals surface area contributed by atoms with Crippen molar-refractivity contribution in [2.24, 2.45) is 11.8 Å². The number of aliphatic carboxylic acids is 1. The molecule has 2 heterocycles. The van der Waals surface area contributed by atoms with E-state index in [0.717, 1.165) is 6.54 Å². The van der Waals surface area contributed by atoms with Crippen molar-refractivity contribution in [3.63, 3.8) is 0 Å². The molecule has 0 amide bonds. The standard InChI is InChI=1S/C16H30N2O2/c1-12(9-16(19)20)14-5-4-7-18(11-14)15-6-8-17(3)13(2)10-15/h12-15H,4-11H2,1-3H3,(H,19,20). The van der Waals surface area contributed by atoms with Crippen molar-refractivity contribution in [2.45, 2.75) is 58.0 Å². The SMILES string of the molecule is CC(CC(=O)O)C1CCCN(C2CCN(C)C(C)C2)C1. The van der Waals surface area contributed by atoms with Gasteiger partial charge in [0.25, 0.3) is 0 Å². The van der Waals surface area contributed by atoms with Crippen molar-refractivity contribution in [1.29, 1.82) is 0 Å². The van der Waals surface area contributed by atoms with E-state index in [1.54, 1.807) is 0 Å². The van der Waals surface area contributed by atoms with E-state index < -0.39 is 5.97 Å². The Bertz CT molecular complexity index is 334. The van der Waals surface area contributed by atoms with Gasteiger partial charge in [0, 0.05) is 25.0 Å². The van der Waals surface area contributed by atoms with Crippen molar-refractivity contribution < 1.29 is 9.90 Å². The van der Waals surface area contributed by atoms with Crippen molar-refractivity contribution >= 4 is 5.97 Å². The predicted octanol–water partition coefficient (Wildman–Crippen LogP) is 2.29. The van der Waals surface area contributed by atoms with Crippen LogP contribution in [0, 0.1) is 11.8 Å². The van der Waals surface area contributed by atoms with Crippen LogP contribution in [-0.2, 0) is 4.79 Å². The van der Waals surface area contributed by atoms with Crippen molar-refractivity contribution in [2.75, 3.05) is 26.7 Å². The normalized spacial score (nSPS) is 34.9. The fourth-order valence-corrected chi connectivity index (χ4v) is 3.87. The van der Waals surface area contributed by atoms with Gasteiger partial charge in [0.1, 0.15) is 0 Å². The summed E-state index contributed by atoms with van der Waals surface area (Å²) in [7, 11) is 2.22. The zero-order chi connectivity index (χ0) is 14.7. The fourth-order valence-electron chi connectivity index (χ4n) is 3.87. The molecule has 20 heavy (non-hydrogen) atoms. The summed E-state index contributed by atoms with van der Waals surface area (Å²) in [5.74, 6) is 0.219. The molecule has 2 aliphatic rings. The molecule has 0 aromatic carbocycles. The van der Waals surface area contributed by atoms with Gasteiger partial charge in [-0.15, -0.1) is 0 Å². The number of rotatable bonds is 4. The molecule has 4 heteroatoms. The van der Waals surface area contributed by atoms with Gasteiger partial charge in [-0.3, -0.25) is 9.69 Å². The fraction of sp³-hybridized carbons (Fsp3) is 0.938. The van der Waals surface area contributed by atoms with E-state index in [1.165, 1.54) is 38.8 Å². The Kier molecular flexibility index (Phi) is 5.44.